The predicted molar refractivity (Wildman–Crippen MR) is 378 cm³/mol. The van der Waals surface area contributed by atoms with Gasteiger partial charge in [0.05, 0.1) is 0 Å². The van der Waals surface area contributed by atoms with Crippen LogP contribution >= 0.6 is 0 Å². The number of hydrogen-bond acceptors (Lipinski definition) is 15. The first-order valence-electron chi connectivity index (χ1n) is 33.1. The molecule has 21 heteroatoms. The van der Waals surface area contributed by atoms with Crippen molar-refractivity contribution in [1.82, 2.24) is 26.6 Å². The molecular formula is C73H136N6O15. The number of aliphatic hydroxyl groups excluding tert-OH is 6. The van der Waals surface area contributed by atoms with Gasteiger partial charge in [-0.2, -0.15) is 0 Å². The van der Waals surface area contributed by atoms with Crippen molar-refractivity contribution in [2.75, 3.05) is 11.9 Å². The van der Waals surface area contributed by atoms with Crippen molar-refractivity contribution >= 4 is 58.5 Å². The Bertz CT molecular complexity index is 2310. The Balaban J connectivity index is -0.000000545. The van der Waals surface area contributed by atoms with E-state index in [-0.39, 0.29) is 68.8 Å². The summed E-state index contributed by atoms with van der Waals surface area (Å²) in [4.78, 5) is 105. The minimum absolute atomic E-state index is 0.0117. The van der Waals surface area contributed by atoms with E-state index in [1.807, 2.05) is 86.6 Å². The average molecular weight is 1340 g/mol. The molecule has 0 saturated carbocycles. The summed E-state index contributed by atoms with van der Waals surface area (Å²) >= 11 is 0. The second-order valence-electron chi connectivity index (χ2n) is 36.4. The van der Waals surface area contributed by atoms with E-state index in [4.69, 9.17) is 0 Å². The third kappa shape index (κ3) is 59.3. The number of hydrogen-bond donors (Lipinski definition) is 12. The van der Waals surface area contributed by atoms with Gasteiger partial charge >= 0.3 is 12.1 Å². The molecule has 0 unspecified atom stereocenters. The molecule has 0 bridgehead atoms. The zero-order chi connectivity index (χ0) is 75.4. The number of amides is 6. The number of unbranched alkanes of at least 4 members (excludes halogenated alkanes) is 2. The fourth-order valence-corrected chi connectivity index (χ4v) is 8.41. The summed E-state index contributed by atoms with van der Waals surface area (Å²) in [7, 11) is 0. The topological polar surface area (TPSA) is 347 Å². The second-order valence-corrected chi connectivity index (χ2v) is 36.4. The van der Waals surface area contributed by atoms with Crippen molar-refractivity contribution in [1.29, 1.82) is 0 Å². The number of urea groups is 2. The van der Waals surface area contributed by atoms with Gasteiger partial charge in [0, 0.05) is 85.8 Å². The van der Waals surface area contributed by atoms with E-state index < -0.39 is 76.5 Å². The van der Waals surface area contributed by atoms with Crippen molar-refractivity contribution in [2.45, 2.75) is 337 Å². The highest BCUT2D eigenvalue weighted by atomic mass is 16.4. The Morgan fingerprint density at radius 3 is 1.02 bits per heavy atom. The fourth-order valence-electron chi connectivity index (χ4n) is 8.41. The molecule has 1 rings (SSSR count). The minimum Gasteiger partial charge on any atom is -0.387 e. The van der Waals surface area contributed by atoms with Crippen LogP contribution in [0.5, 0.6) is 0 Å². The van der Waals surface area contributed by atoms with Gasteiger partial charge in [-0.1, -0.05) is 143 Å². The molecule has 0 fully saturated rings. The highest BCUT2D eigenvalue weighted by Crippen LogP contribution is 2.27. The molecule has 1 aromatic rings. The van der Waals surface area contributed by atoms with E-state index >= 15 is 0 Å². The van der Waals surface area contributed by atoms with Crippen LogP contribution in [0.3, 0.4) is 0 Å². The van der Waals surface area contributed by atoms with E-state index in [9.17, 15) is 73.8 Å². The van der Waals surface area contributed by atoms with Crippen molar-refractivity contribution in [3.63, 3.8) is 0 Å². The van der Waals surface area contributed by atoms with Gasteiger partial charge in [0.2, 0.25) is 0 Å². The van der Waals surface area contributed by atoms with Gasteiger partial charge in [0.15, 0.2) is 23.8 Å². The molecule has 0 aliphatic heterocycles. The predicted octanol–water partition coefficient (Wildman–Crippen LogP) is 11.2. The molecule has 0 radical (unpaired) electrons. The molecule has 12 N–H and O–H groups in total. The maximum Gasteiger partial charge on any atom is 0.319 e. The van der Waals surface area contributed by atoms with Crippen LogP contribution in [0.2, 0.25) is 0 Å². The first kappa shape index (κ1) is 95.2. The lowest BCUT2D eigenvalue weighted by Gasteiger charge is -2.29. The fraction of sp³-hybridized carbons (Fsp3) is 0.795. The molecule has 548 valence electrons. The third-order valence-electron chi connectivity index (χ3n) is 11.8. The normalized spacial score (nSPS) is 14.4. The van der Waals surface area contributed by atoms with Gasteiger partial charge < -0.3 is 62.5 Å². The Morgan fingerprint density at radius 2 is 0.660 bits per heavy atom. The highest BCUT2D eigenvalue weighted by Gasteiger charge is 2.39. The Labute approximate surface area is 567 Å². The van der Waals surface area contributed by atoms with Crippen LogP contribution in [-0.4, -0.2) is 149 Å². The Hall–Kier alpha value is -5.19. The van der Waals surface area contributed by atoms with Gasteiger partial charge in [0.1, 0.15) is 41.8 Å². The summed E-state index contributed by atoms with van der Waals surface area (Å²) in [6, 6.07) is 7.05. The lowest BCUT2D eigenvalue weighted by molar-refractivity contribution is -0.156. The molecule has 6 atom stereocenters. The maximum absolute atomic E-state index is 12.0. The van der Waals surface area contributed by atoms with Crippen LogP contribution in [-0.2, 0) is 40.0 Å². The van der Waals surface area contributed by atoms with Crippen LogP contribution in [0.25, 0.3) is 0 Å². The van der Waals surface area contributed by atoms with Crippen molar-refractivity contribution in [2.24, 2.45) is 32.5 Å². The lowest BCUT2D eigenvalue weighted by atomic mass is 9.83. The maximum atomic E-state index is 12.0. The van der Waals surface area contributed by atoms with Crippen LogP contribution in [0.15, 0.2) is 24.3 Å². The zero-order valence-electron chi connectivity index (χ0n) is 64.1. The molecule has 0 aliphatic carbocycles. The van der Waals surface area contributed by atoms with Crippen molar-refractivity contribution in [3.8, 4) is 0 Å². The number of anilines is 1. The van der Waals surface area contributed by atoms with E-state index in [2.05, 4.69) is 115 Å². The number of benzene rings is 1. The van der Waals surface area contributed by atoms with E-state index in [0.29, 0.717) is 62.3 Å². The van der Waals surface area contributed by atoms with Crippen LogP contribution < -0.4 is 31.9 Å². The second kappa shape index (κ2) is 40.5. The van der Waals surface area contributed by atoms with Gasteiger partial charge in [-0.3, -0.25) is 33.6 Å². The third-order valence-corrected chi connectivity index (χ3v) is 11.8. The van der Waals surface area contributed by atoms with Crippen LogP contribution in [0.1, 0.15) is 277 Å². The molecule has 1 aromatic carbocycles. The average Bonchev–Trinajstić information content (AvgIpc) is 0.874. The first-order valence-corrected chi connectivity index (χ1v) is 33.1. The zero-order valence-corrected chi connectivity index (χ0v) is 64.1. The molecule has 0 aliphatic rings. The van der Waals surface area contributed by atoms with Crippen LogP contribution in [0.4, 0.5) is 15.3 Å². The summed E-state index contributed by atoms with van der Waals surface area (Å²) in [6.07, 6.45) is -4.52. The van der Waals surface area contributed by atoms with Gasteiger partial charge in [-0.25, -0.2) is 9.59 Å². The van der Waals surface area contributed by atoms with E-state index in [0.717, 1.165) is 24.8 Å². The number of rotatable bonds is 23. The standard InChI is InChI=1S/C18H28N2O2.C16H32N2O2.C15H29NO6.C13H25NO4.C11H22O/c1-17(2,3)12-15(21)11-13-7-9-14(10-8-13)19-16(22)20-18(4,5)6;1-15(2,3)12-13(19)10-8-7-9-11-17-14(20)18-16(4,5)6;1-14(2,3)7-8(17)9(18)10(19)11(20)12(21)13(22)16-15(4,5)6;1-12(2,3)7-8(15)9(16)10(17)11(18)14-13(4,5)6;1-10(2,3)7-9(12)8-11(4,5)6/h7-10H,11-12H2,1-6H3,(H2,19,20,22);7-12H2,1-6H3,(H2,17,18,20);9-12,18-21H,7H2,1-6H3,(H,16,22);9-10,16-17H,7H2,1-6H3,(H,14,18);7-8H2,1-6H3/t;;9-,10+,11-,12+;9-,10+;/m..11./s1. The number of carbonyl (C=O) groups excluding carboxylic acids is 9. The SMILES string of the molecule is CC(C)(C)CC(=O)CC(C)(C)C.CC(C)(C)CC(=O)CCCCCNC(=O)NC(C)(C)C.CC(C)(C)CC(=O)Cc1ccc(NC(=O)NC(C)(C)C)cc1.CC(C)(C)CC(=O)[C@@H](O)[C@H](O)C(=O)NC(C)(C)C.CC(C)(C)CC(=O)[C@@H](O)[C@H](O)[C@@H](O)[C@H](O)C(=O)NC(C)(C)C. The smallest absolute Gasteiger partial charge is 0.319 e. The number of aliphatic hydroxyl groups is 6. The van der Waals surface area contributed by atoms with Gasteiger partial charge in [0.25, 0.3) is 11.8 Å². The summed E-state index contributed by atoms with van der Waals surface area (Å²) in [5.41, 5.74) is -0.257. The largest absolute Gasteiger partial charge is 0.387 e. The number of carbonyl (C=O) groups is 9. The van der Waals surface area contributed by atoms with E-state index in [1.165, 1.54) is 0 Å². The summed E-state index contributed by atoms with van der Waals surface area (Å²) < 4.78 is 0. The minimum atomic E-state index is -1.97. The van der Waals surface area contributed by atoms with E-state index in [1.54, 1.807) is 62.3 Å². The molecule has 0 spiro atoms. The Morgan fingerprint density at radius 1 is 0.340 bits per heavy atom. The van der Waals surface area contributed by atoms with Gasteiger partial charge in [-0.15, -0.1) is 0 Å². The first-order chi connectivity index (χ1) is 41.5. The summed E-state index contributed by atoms with van der Waals surface area (Å²) in [5.74, 6) is -1.86. The molecular weight excluding hydrogens is 1200 g/mol. The molecule has 0 aromatic heterocycles. The monoisotopic (exact) mass is 1340 g/mol. The number of ketones is 5. The van der Waals surface area contributed by atoms with Gasteiger partial charge in [-0.05, 0) is 146 Å². The van der Waals surface area contributed by atoms with Crippen LogP contribution in [0, 0.1) is 32.5 Å². The Kier molecular flexibility index (Phi) is 41.0. The van der Waals surface area contributed by atoms with Crippen molar-refractivity contribution in [3.05, 3.63) is 29.8 Å². The number of nitrogens with one attached hydrogen (secondary N) is 6. The molecule has 0 saturated heterocycles. The quantitative estimate of drug-likeness (QED) is 0.0453. The molecule has 21 nitrogen and oxygen atoms in total. The summed E-state index contributed by atoms with van der Waals surface area (Å²) in [6.45, 7) is 58.6. The molecule has 0 heterocycles. The molecule has 6 amide bonds. The lowest BCUT2D eigenvalue weighted by Crippen LogP contribution is -2.55. The molecule has 94 heavy (non-hydrogen) atoms. The number of Topliss-reactive ketones (excluding diaryl/α,β-unsaturated/α-hetero) is 5. The van der Waals surface area contributed by atoms with Crippen molar-refractivity contribution < 1.29 is 73.8 Å². The summed E-state index contributed by atoms with van der Waals surface area (Å²) in [5, 5.41) is 74.7. The highest BCUT2D eigenvalue weighted by molar-refractivity contribution is 5.92.